The van der Waals surface area contributed by atoms with Crippen molar-refractivity contribution >= 4 is 62.3 Å². The number of sulfonamides is 1. The number of carbonyl (C=O) groups excluding carboxylic acids is 2. The monoisotopic (exact) mass is 637 g/mol. The maximum absolute atomic E-state index is 14.1. The van der Waals surface area contributed by atoms with E-state index in [1.54, 1.807) is 43.3 Å². The maximum Gasteiger partial charge on any atom is 0.264 e. The summed E-state index contributed by atoms with van der Waals surface area (Å²) >= 11 is 18.4. The van der Waals surface area contributed by atoms with E-state index in [1.165, 1.54) is 29.2 Å². The molecule has 0 radical (unpaired) electrons. The van der Waals surface area contributed by atoms with Crippen LogP contribution >= 0.6 is 34.8 Å². The van der Waals surface area contributed by atoms with Crippen LogP contribution in [0, 0.1) is 6.92 Å². The molecule has 2 amide bonds. The van der Waals surface area contributed by atoms with Gasteiger partial charge in [0.2, 0.25) is 11.8 Å². The number of benzene rings is 3. The zero-order valence-corrected chi connectivity index (χ0v) is 26.5. The third-order valence-electron chi connectivity index (χ3n) is 6.69. The first-order chi connectivity index (χ1) is 19.4. The van der Waals surface area contributed by atoms with Crippen molar-refractivity contribution < 1.29 is 18.0 Å². The number of anilines is 1. The van der Waals surface area contributed by atoms with Crippen molar-refractivity contribution in [3.8, 4) is 0 Å². The van der Waals surface area contributed by atoms with E-state index in [0.717, 1.165) is 9.87 Å². The Kier molecular flexibility index (Phi) is 11.5. The molecule has 3 aromatic rings. The van der Waals surface area contributed by atoms with Crippen LogP contribution in [0.3, 0.4) is 0 Å². The van der Waals surface area contributed by atoms with E-state index in [1.807, 2.05) is 26.8 Å². The summed E-state index contributed by atoms with van der Waals surface area (Å²) in [6.07, 6.45) is 1.02. The number of hydrogen-bond acceptors (Lipinski definition) is 4. The molecular formula is C30H34Cl3N3O4S. The zero-order valence-electron chi connectivity index (χ0n) is 23.4. The molecule has 0 heterocycles. The van der Waals surface area contributed by atoms with Gasteiger partial charge in [0.1, 0.15) is 12.6 Å². The summed E-state index contributed by atoms with van der Waals surface area (Å²) in [5, 5.41) is 4.00. The molecule has 3 aromatic carbocycles. The highest BCUT2D eigenvalue weighted by Crippen LogP contribution is 2.28. The zero-order chi connectivity index (χ0) is 30.3. The fourth-order valence-corrected chi connectivity index (χ4v) is 6.09. The van der Waals surface area contributed by atoms with Crippen LogP contribution in [0.1, 0.15) is 44.7 Å². The Morgan fingerprint density at radius 1 is 0.902 bits per heavy atom. The Balaban J connectivity index is 2.08. The molecular weight excluding hydrogens is 605 g/mol. The molecule has 3 rings (SSSR count). The molecule has 0 saturated heterocycles. The summed E-state index contributed by atoms with van der Waals surface area (Å²) in [7, 11) is -4.19. The van der Waals surface area contributed by atoms with Crippen molar-refractivity contribution in [3.05, 3.63) is 92.9 Å². The van der Waals surface area contributed by atoms with Crippen LogP contribution in [-0.2, 0) is 26.2 Å². The quantitative estimate of drug-likeness (QED) is 0.235. The molecule has 0 aliphatic heterocycles. The van der Waals surface area contributed by atoms with E-state index in [9.17, 15) is 18.0 Å². The van der Waals surface area contributed by atoms with Gasteiger partial charge >= 0.3 is 0 Å². The molecule has 2 atom stereocenters. The van der Waals surface area contributed by atoms with Gasteiger partial charge in [0.25, 0.3) is 10.0 Å². The molecule has 0 spiro atoms. The number of rotatable bonds is 12. The molecule has 0 bridgehead atoms. The minimum absolute atomic E-state index is 0.0187. The molecule has 7 nitrogen and oxygen atoms in total. The first-order valence-electron chi connectivity index (χ1n) is 13.3. The van der Waals surface area contributed by atoms with Crippen LogP contribution < -0.4 is 9.62 Å². The highest BCUT2D eigenvalue weighted by molar-refractivity contribution is 7.92. The Labute approximate surface area is 257 Å². The minimum atomic E-state index is -4.19. The van der Waals surface area contributed by atoms with E-state index in [2.05, 4.69) is 5.32 Å². The first-order valence-corrected chi connectivity index (χ1v) is 15.8. The van der Waals surface area contributed by atoms with Gasteiger partial charge in [-0.15, -0.1) is 0 Å². The van der Waals surface area contributed by atoms with E-state index >= 15 is 0 Å². The Morgan fingerprint density at radius 3 is 2.17 bits per heavy atom. The Hall–Kier alpha value is -2.78. The van der Waals surface area contributed by atoms with Gasteiger partial charge < -0.3 is 10.2 Å². The third kappa shape index (κ3) is 8.38. The van der Waals surface area contributed by atoms with E-state index in [0.29, 0.717) is 39.2 Å². The summed E-state index contributed by atoms with van der Waals surface area (Å²) in [4.78, 5) is 28.9. The predicted molar refractivity (Wildman–Crippen MR) is 166 cm³/mol. The van der Waals surface area contributed by atoms with Gasteiger partial charge in [0, 0.05) is 17.6 Å². The molecule has 1 N–H and O–H groups in total. The molecule has 220 valence electrons. The van der Waals surface area contributed by atoms with E-state index in [4.69, 9.17) is 34.8 Å². The van der Waals surface area contributed by atoms with Crippen molar-refractivity contribution in [1.29, 1.82) is 0 Å². The second-order valence-electron chi connectivity index (χ2n) is 9.82. The Morgan fingerprint density at radius 2 is 1.59 bits per heavy atom. The summed E-state index contributed by atoms with van der Waals surface area (Å²) in [5.74, 6) is -0.876. The number of nitrogens with one attached hydrogen (secondary N) is 1. The minimum Gasteiger partial charge on any atom is -0.352 e. The average molecular weight is 639 g/mol. The fraction of sp³-hybridized carbons (Fsp3) is 0.333. The highest BCUT2D eigenvalue weighted by atomic mass is 35.5. The van der Waals surface area contributed by atoms with E-state index < -0.39 is 28.5 Å². The molecule has 2 unspecified atom stereocenters. The lowest BCUT2D eigenvalue weighted by Gasteiger charge is -2.34. The second-order valence-corrected chi connectivity index (χ2v) is 12.9. The van der Waals surface area contributed by atoms with Crippen molar-refractivity contribution in [2.75, 3.05) is 10.8 Å². The number of halogens is 3. The topological polar surface area (TPSA) is 86.8 Å². The van der Waals surface area contributed by atoms with Crippen LogP contribution in [0.15, 0.2) is 71.6 Å². The smallest absolute Gasteiger partial charge is 0.264 e. The molecule has 0 aliphatic rings. The van der Waals surface area contributed by atoms with Gasteiger partial charge in [-0.1, -0.05) is 66.8 Å². The number of aryl methyl sites for hydroxylation is 1. The van der Waals surface area contributed by atoms with Crippen LogP contribution in [-0.4, -0.2) is 43.8 Å². The number of carbonyl (C=O) groups is 2. The lowest BCUT2D eigenvalue weighted by Crippen LogP contribution is -2.53. The van der Waals surface area contributed by atoms with E-state index in [-0.39, 0.29) is 23.4 Å². The molecule has 0 aromatic heterocycles. The number of hydrogen-bond donors (Lipinski definition) is 1. The van der Waals surface area contributed by atoms with Crippen LogP contribution in [0.2, 0.25) is 15.1 Å². The standard InChI is InChI=1S/C30H34Cl3N3O4S/c1-5-21(4)34-30(38)28(6-2)35(18-22-10-15-26(32)27(33)17-22)29(37)19-36(24-9-7-8-20(3)16-24)41(39,40)25-13-11-23(31)12-14-25/h7-17,21,28H,5-6,18-19H2,1-4H3,(H,34,38). The molecule has 41 heavy (non-hydrogen) atoms. The normalized spacial score (nSPS) is 12.9. The van der Waals surface area contributed by atoms with Crippen molar-refractivity contribution in [2.24, 2.45) is 0 Å². The largest absolute Gasteiger partial charge is 0.352 e. The molecule has 11 heteroatoms. The van der Waals surface area contributed by atoms with Crippen molar-refractivity contribution in [2.45, 2.75) is 64.1 Å². The van der Waals surface area contributed by atoms with Gasteiger partial charge in [0.15, 0.2) is 0 Å². The van der Waals surface area contributed by atoms with Gasteiger partial charge in [-0.05, 0) is 86.3 Å². The Bertz CT molecular complexity index is 1480. The van der Waals surface area contributed by atoms with Crippen LogP contribution in [0.5, 0.6) is 0 Å². The molecule has 0 fully saturated rings. The number of amides is 2. The third-order valence-corrected chi connectivity index (χ3v) is 9.47. The van der Waals surface area contributed by atoms with Gasteiger partial charge in [-0.3, -0.25) is 13.9 Å². The summed E-state index contributed by atoms with van der Waals surface area (Å²) in [6.45, 7) is 6.95. The predicted octanol–water partition coefficient (Wildman–Crippen LogP) is 6.87. The molecule has 0 aliphatic carbocycles. The molecule has 0 saturated carbocycles. The van der Waals surface area contributed by atoms with Gasteiger partial charge in [0.05, 0.1) is 20.6 Å². The SMILES string of the molecule is CCC(C)NC(=O)C(CC)N(Cc1ccc(Cl)c(Cl)c1)C(=O)CN(c1cccc(C)c1)S(=O)(=O)c1ccc(Cl)cc1. The lowest BCUT2D eigenvalue weighted by molar-refractivity contribution is -0.140. The number of nitrogens with zero attached hydrogens (tertiary/aromatic N) is 2. The fourth-order valence-electron chi connectivity index (χ4n) is 4.24. The lowest BCUT2D eigenvalue weighted by atomic mass is 10.1. The van der Waals surface area contributed by atoms with Crippen LogP contribution in [0.25, 0.3) is 0 Å². The first kappa shape index (κ1) is 32.7. The summed E-state index contributed by atoms with van der Waals surface area (Å²) < 4.78 is 28.9. The maximum atomic E-state index is 14.1. The second kappa shape index (κ2) is 14.4. The van der Waals surface area contributed by atoms with Gasteiger partial charge in [-0.2, -0.15) is 0 Å². The summed E-state index contributed by atoms with van der Waals surface area (Å²) in [5.41, 5.74) is 1.78. The van der Waals surface area contributed by atoms with Crippen molar-refractivity contribution in [1.82, 2.24) is 10.2 Å². The highest BCUT2D eigenvalue weighted by Gasteiger charge is 2.34. The average Bonchev–Trinajstić information content (AvgIpc) is 2.93. The summed E-state index contributed by atoms with van der Waals surface area (Å²) in [6, 6.07) is 16.6. The van der Waals surface area contributed by atoms with Gasteiger partial charge in [-0.25, -0.2) is 8.42 Å². The van der Waals surface area contributed by atoms with Crippen LogP contribution in [0.4, 0.5) is 5.69 Å². The van der Waals surface area contributed by atoms with Crippen molar-refractivity contribution in [3.63, 3.8) is 0 Å².